The molecular weight excluding hydrogens is 387 g/mol. The van der Waals surface area contributed by atoms with E-state index in [1.807, 2.05) is 18.2 Å². The van der Waals surface area contributed by atoms with Crippen molar-refractivity contribution in [2.24, 2.45) is 0 Å². The molecule has 4 rings (SSSR count). The van der Waals surface area contributed by atoms with Crippen molar-refractivity contribution < 1.29 is 4.57 Å². The summed E-state index contributed by atoms with van der Waals surface area (Å²) in [5.41, 5.74) is 3.67. The molecule has 0 unspecified atom stereocenters. The van der Waals surface area contributed by atoms with Gasteiger partial charge in [-0.25, -0.2) is 9.13 Å². The second-order valence-corrected chi connectivity index (χ2v) is 7.47. The van der Waals surface area contributed by atoms with E-state index >= 15 is 0 Å². The van der Waals surface area contributed by atoms with E-state index in [1.54, 1.807) is 0 Å². The molecule has 0 bridgehead atoms. The monoisotopic (exact) mass is 407 g/mol. The van der Waals surface area contributed by atoms with Crippen LogP contribution in [0.25, 0.3) is 11.3 Å². The maximum Gasteiger partial charge on any atom is 0.257 e. The average molecular weight is 409 g/mol. The third-order valence-electron chi connectivity index (χ3n) is 4.92. The van der Waals surface area contributed by atoms with Gasteiger partial charge in [0.25, 0.3) is 5.82 Å². The Kier molecular flexibility index (Phi) is 6.29. The van der Waals surface area contributed by atoms with Crippen LogP contribution in [0, 0.1) is 0 Å². The van der Waals surface area contributed by atoms with Crippen molar-refractivity contribution in [2.45, 2.75) is 38.8 Å². The van der Waals surface area contributed by atoms with Crippen LogP contribution >= 0.6 is 35.6 Å². The van der Waals surface area contributed by atoms with Gasteiger partial charge in [-0.3, -0.25) is 0 Å². The molecule has 5 heteroatoms. The maximum absolute atomic E-state index is 6.41. The Labute approximate surface area is 170 Å². The molecule has 0 atom stereocenters. The van der Waals surface area contributed by atoms with Crippen molar-refractivity contribution in [1.82, 2.24) is 4.57 Å². The highest BCUT2D eigenvalue weighted by Crippen LogP contribution is 2.25. The number of hydrogen-bond donors (Lipinski definition) is 0. The molecular formula is C21H22Cl3N2+. The Balaban J connectivity index is 0.00000196. The lowest BCUT2D eigenvalue weighted by Crippen LogP contribution is -2.37. The molecule has 136 valence electrons. The molecule has 0 spiro atoms. The molecule has 2 aromatic carbocycles. The predicted molar refractivity (Wildman–Crippen MR) is 110 cm³/mol. The smallest absolute Gasteiger partial charge is 0.229 e. The summed E-state index contributed by atoms with van der Waals surface area (Å²) in [5.74, 6) is 1.39. The Morgan fingerprint density at radius 3 is 2.54 bits per heavy atom. The van der Waals surface area contributed by atoms with Gasteiger partial charge in [-0.1, -0.05) is 59.6 Å². The van der Waals surface area contributed by atoms with Crippen molar-refractivity contribution in [2.75, 3.05) is 0 Å². The summed E-state index contributed by atoms with van der Waals surface area (Å²) in [7, 11) is 0. The van der Waals surface area contributed by atoms with Gasteiger partial charge < -0.3 is 0 Å². The van der Waals surface area contributed by atoms with Gasteiger partial charge in [-0.05, 0) is 31.4 Å². The number of halogens is 3. The summed E-state index contributed by atoms with van der Waals surface area (Å²) >= 11 is 12.5. The highest BCUT2D eigenvalue weighted by atomic mass is 35.5. The first-order valence-electron chi connectivity index (χ1n) is 8.83. The number of aromatic nitrogens is 2. The van der Waals surface area contributed by atoms with Crippen LogP contribution in [0.5, 0.6) is 0 Å². The molecule has 0 fully saturated rings. The van der Waals surface area contributed by atoms with Crippen LogP contribution in [0.1, 0.15) is 30.7 Å². The highest BCUT2D eigenvalue weighted by molar-refractivity contribution is 6.35. The fourth-order valence-corrected chi connectivity index (χ4v) is 4.12. The fraction of sp³-hybridized carbons (Fsp3) is 0.286. The normalized spacial score (nSPS) is 13.6. The Hall–Kier alpha value is -1.48. The van der Waals surface area contributed by atoms with Crippen LogP contribution in [-0.2, 0) is 19.5 Å². The number of fused-ring (bicyclic) bond motifs is 1. The first-order chi connectivity index (χ1) is 12.2. The number of rotatable bonds is 3. The predicted octanol–water partition coefficient (Wildman–Crippen LogP) is 5.95. The zero-order valence-corrected chi connectivity index (χ0v) is 16.8. The van der Waals surface area contributed by atoms with E-state index in [9.17, 15) is 0 Å². The van der Waals surface area contributed by atoms with Gasteiger partial charge in [0, 0.05) is 27.6 Å². The van der Waals surface area contributed by atoms with E-state index in [0.29, 0.717) is 5.02 Å². The SMILES string of the molecule is Cl.Clc1ccc(C[n+]2cc(-c3ccccc3)n3c2CCCCC3)c(Cl)c1. The Bertz CT molecular complexity index is 888. The zero-order chi connectivity index (χ0) is 17.2. The lowest BCUT2D eigenvalue weighted by atomic mass is 10.1. The quantitative estimate of drug-likeness (QED) is 0.474. The summed E-state index contributed by atoms with van der Waals surface area (Å²) in [6.07, 6.45) is 7.16. The molecule has 1 aromatic heterocycles. The maximum atomic E-state index is 6.41. The summed E-state index contributed by atoms with van der Waals surface area (Å²) in [6, 6.07) is 16.4. The second-order valence-electron chi connectivity index (χ2n) is 6.62. The first-order valence-corrected chi connectivity index (χ1v) is 9.59. The van der Waals surface area contributed by atoms with Crippen molar-refractivity contribution in [3.05, 3.63) is 76.2 Å². The van der Waals surface area contributed by atoms with Crippen LogP contribution in [-0.4, -0.2) is 4.57 Å². The molecule has 0 radical (unpaired) electrons. The number of benzene rings is 2. The van der Waals surface area contributed by atoms with Crippen LogP contribution in [0.4, 0.5) is 0 Å². The summed E-state index contributed by atoms with van der Waals surface area (Å²) < 4.78 is 4.86. The lowest BCUT2D eigenvalue weighted by molar-refractivity contribution is -0.695. The van der Waals surface area contributed by atoms with Gasteiger partial charge >= 0.3 is 0 Å². The molecule has 0 saturated carbocycles. The van der Waals surface area contributed by atoms with Crippen molar-refractivity contribution in [3.63, 3.8) is 0 Å². The van der Waals surface area contributed by atoms with Crippen LogP contribution < -0.4 is 4.57 Å². The minimum absolute atomic E-state index is 0. The second kappa shape index (κ2) is 8.47. The molecule has 26 heavy (non-hydrogen) atoms. The molecule has 1 aliphatic rings. The molecule has 0 N–H and O–H groups in total. The van der Waals surface area contributed by atoms with Crippen LogP contribution in [0.15, 0.2) is 54.7 Å². The van der Waals surface area contributed by atoms with E-state index in [4.69, 9.17) is 23.2 Å². The topological polar surface area (TPSA) is 8.81 Å². The molecule has 2 nitrogen and oxygen atoms in total. The van der Waals surface area contributed by atoms with Gasteiger partial charge in [0.1, 0.15) is 12.7 Å². The zero-order valence-electron chi connectivity index (χ0n) is 14.5. The standard InChI is InChI=1S/C21H21Cl2N2.ClH/c22-18-11-10-17(19(23)13-18)14-24-15-20(16-7-3-1-4-8-16)25-12-6-2-5-9-21(24)25;/h1,3-4,7-8,10-11,13,15H,2,5-6,9,12,14H2;1H/q+1;. The van der Waals surface area contributed by atoms with E-state index in [0.717, 1.165) is 30.1 Å². The van der Waals surface area contributed by atoms with Crippen LogP contribution in [0.3, 0.4) is 0 Å². The van der Waals surface area contributed by atoms with E-state index in [1.165, 1.54) is 36.3 Å². The molecule has 1 aliphatic heterocycles. The van der Waals surface area contributed by atoms with E-state index in [2.05, 4.69) is 45.7 Å². The average Bonchev–Trinajstić information content (AvgIpc) is 2.79. The third-order valence-corrected chi connectivity index (χ3v) is 5.51. The largest absolute Gasteiger partial charge is 0.257 e. The van der Waals surface area contributed by atoms with Gasteiger partial charge in [0.2, 0.25) is 0 Å². The van der Waals surface area contributed by atoms with Gasteiger partial charge in [0.05, 0.1) is 6.54 Å². The third kappa shape index (κ3) is 3.93. The first kappa shape index (κ1) is 19.3. The fourth-order valence-electron chi connectivity index (χ4n) is 3.65. The van der Waals surface area contributed by atoms with Crippen molar-refractivity contribution >= 4 is 35.6 Å². The number of hydrogen-bond acceptors (Lipinski definition) is 0. The molecule has 2 heterocycles. The Morgan fingerprint density at radius 2 is 1.77 bits per heavy atom. The number of imidazole rings is 1. The molecule has 0 aliphatic carbocycles. The van der Waals surface area contributed by atoms with E-state index < -0.39 is 0 Å². The lowest BCUT2D eigenvalue weighted by Gasteiger charge is -2.05. The Morgan fingerprint density at radius 1 is 0.962 bits per heavy atom. The van der Waals surface area contributed by atoms with Crippen molar-refractivity contribution in [3.8, 4) is 11.3 Å². The van der Waals surface area contributed by atoms with Gasteiger partial charge in [-0.2, -0.15) is 0 Å². The van der Waals surface area contributed by atoms with E-state index in [-0.39, 0.29) is 12.4 Å². The molecule has 0 amide bonds. The van der Waals surface area contributed by atoms with Crippen molar-refractivity contribution in [1.29, 1.82) is 0 Å². The summed E-state index contributed by atoms with van der Waals surface area (Å²) in [4.78, 5) is 0. The number of nitrogens with zero attached hydrogens (tertiary/aromatic N) is 2. The summed E-state index contributed by atoms with van der Waals surface area (Å²) in [6.45, 7) is 1.86. The minimum atomic E-state index is 0. The highest BCUT2D eigenvalue weighted by Gasteiger charge is 2.26. The molecule has 3 aromatic rings. The van der Waals surface area contributed by atoms with Crippen LogP contribution in [0.2, 0.25) is 10.0 Å². The minimum Gasteiger partial charge on any atom is -0.229 e. The van der Waals surface area contributed by atoms with Gasteiger partial charge in [-0.15, -0.1) is 12.4 Å². The van der Waals surface area contributed by atoms with Gasteiger partial charge in [0.15, 0.2) is 5.69 Å². The molecule has 0 saturated heterocycles. The summed E-state index contributed by atoms with van der Waals surface area (Å²) in [5, 5.41) is 1.41.